The van der Waals surface area contributed by atoms with Crippen LogP contribution < -0.4 is 5.32 Å². The van der Waals surface area contributed by atoms with Gasteiger partial charge in [0, 0.05) is 11.1 Å². The molecule has 0 heterocycles. The minimum atomic E-state index is -0.881. The van der Waals surface area contributed by atoms with Crippen LogP contribution >= 0.6 is 0 Å². The Morgan fingerprint density at radius 3 is 2.38 bits per heavy atom. The van der Waals surface area contributed by atoms with Gasteiger partial charge in [-0.25, -0.2) is 4.79 Å². The van der Waals surface area contributed by atoms with E-state index in [0.29, 0.717) is 0 Å². The summed E-state index contributed by atoms with van der Waals surface area (Å²) in [6, 6.07) is 9.52. The van der Waals surface area contributed by atoms with Crippen molar-refractivity contribution in [2.45, 2.75) is 32.2 Å². The number of anilines is 1. The molecular formula is C13H17NO2. The summed E-state index contributed by atoms with van der Waals surface area (Å²) in [6.07, 6.45) is 1.94. The fourth-order valence-electron chi connectivity index (χ4n) is 1.96. The molecule has 0 aliphatic heterocycles. The summed E-state index contributed by atoms with van der Waals surface area (Å²) in [5, 5.41) is 12.6. The lowest BCUT2D eigenvalue weighted by atomic mass is 9.83. The van der Waals surface area contributed by atoms with Crippen LogP contribution in [0.15, 0.2) is 30.3 Å². The molecule has 2 rings (SSSR count). The number of nitrogens with one attached hydrogen (secondary N) is 1. The number of para-hydroxylation sites is 1. The van der Waals surface area contributed by atoms with Crippen molar-refractivity contribution in [2.75, 3.05) is 5.32 Å². The van der Waals surface area contributed by atoms with Crippen molar-refractivity contribution in [3.8, 4) is 0 Å². The van der Waals surface area contributed by atoms with Crippen LogP contribution in [0.5, 0.6) is 0 Å². The van der Waals surface area contributed by atoms with E-state index in [1.165, 1.54) is 0 Å². The summed E-state index contributed by atoms with van der Waals surface area (Å²) >= 11 is 0. The van der Waals surface area contributed by atoms with Crippen LogP contribution in [0.25, 0.3) is 0 Å². The second kappa shape index (κ2) is 3.51. The van der Waals surface area contributed by atoms with Gasteiger partial charge >= 0.3 is 5.97 Å². The number of carboxylic acids is 1. The molecule has 1 aromatic carbocycles. The van der Waals surface area contributed by atoms with Crippen LogP contribution in [0.1, 0.15) is 26.7 Å². The molecule has 2 N–H and O–H groups in total. The van der Waals surface area contributed by atoms with Crippen molar-refractivity contribution in [1.29, 1.82) is 0 Å². The molecule has 1 aromatic rings. The fourth-order valence-corrected chi connectivity index (χ4v) is 1.96. The van der Waals surface area contributed by atoms with E-state index in [-0.39, 0.29) is 5.41 Å². The maximum atomic E-state index is 11.4. The summed E-state index contributed by atoms with van der Waals surface area (Å²) in [6.45, 7) is 3.80. The van der Waals surface area contributed by atoms with E-state index in [0.717, 1.165) is 18.5 Å². The Balaban J connectivity index is 2.25. The molecule has 1 aliphatic carbocycles. The highest BCUT2D eigenvalue weighted by Crippen LogP contribution is 2.54. The highest BCUT2D eigenvalue weighted by atomic mass is 16.4. The molecule has 0 aromatic heterocycles. The Bertz CT molecular complexity index is 398. The number of rotatable bonds is 4. The van der Waals surface area contributed by atoms with Gasteiger partial charge in [-0.15, -0.1) is 0 Å². The van der Waals surface area contributed by atoms with E-state index in [1.54, 1.807) is 6.92 Å². The SMILES string of the molecule is CC1(C(C)(Nc2ccccc2)C(=O)O)CC1. The minimum Gasteiger partial charge on any atom is -0.479 e. The Kier molecular flexibility index (Phi) is 2.41. The molecule has 86 valence electrons. The van der Waals surface area contributed by atoms with E-state index >= 15 is 0 Å². The molecule has 1 atom stereocenters. The van der Waals surface area contributed by atoms with Gasteiger partial charge in [0.2, 0.25) is 0 Å². The number of benzene rings is 1. The topological polar surface area (TPSA) is 49.3 Å². The molecule has 0 spiro atoms. The molecular weight excluding hydrogens is 202 g/mol. The van der Waals surface area contributed by atoms with Crippen LogP contribution in [0, 0.1) is 5.41 Å². The van der Waals surface area contributed by atoms with Crippen LogP contribution in [-0.2, 0) is 4.79 Å². The maximum Gasteiger partial charge on any atom is 0.329 e. The third kappa shape index (κ3) is 1.66. The molecule has 0 amide bonds. The van der Waals surface area contributed by atoms with Gasteiger partial charge in [0.05, 0.1) is 0 Å². The monoisotopic (exact) mass is 219 g/mol. The first kappa shape index (κ1) is 11.0. The third-order valence-corrected chi connectivity index (χ3v) is 3.80. The Hall–Kier alpha value is -1.51. The van der Waals surface area contributed by atoms with Gasteiger partial charge in [-0.2, -0.15) is 0 Å². The van der Waals surface area contributed by atoms with Crippen molar-refractivity contribution in [3.63, 3.8) is 0 Å². The molecule has 1 fully saturated rings. The van der Waals surface area contributed by atoms with Gasteiger partial charge in [-0.05, 0) is 31.9 Å². The van der Waals surface area contributed by atoms with Crippen LogP contribution in [-0.4, -0.2) is 16.6 Å². The molecule has 0 saturated heterocycles. The standard InChI is InChI=1S/C13H17NO2/c1-12(8-9-12)13(2,11(15)16)14-10-6-4-3-5-7-10/h3-7,14H,8-9H2,1-2H3,(H,15,16). The van der Waals surface area contributed by atoms with Gasteiger partial charge in [-0.1, -0.05) is 25.1 Å². The first-order chi connectivity index (χ1) is 7.48. The van der Waals surface area contributed by atoms with Crippen LogP contribution in [0.2, 0.25) is 0 Å². The van der Waals surface area contributed by atoms with Crippen molar-refractivity contribution in [2.24, 2.45) is 5.41 Å². The zero-order chi connectivity index (χ0) is 11.8. The van der Waals surface area contributed by atoms with Gasteiger partial charge in [-0.3, -0.25) is 0 Å². The number of hydrogen-bond acceptors (Lipinski definition) is 2. The molecule has 1 unspecified atom stereocenters. The first-order valence-corrected chi connectivity index (χ1v) is 5.55. The Labute approximate surface area is 95.5 Å². The fraction of sp³-hybridized carbons (Fsp3) is 0.462. The van der Waals surface area contributed by atoms with Gasteiger partial charge in [0.25, 0.3) is 0 Å². The number of carboxylic acid groups (broad SMARTS) is 1. The lowest BCUT2D eigenvalue weighted by molar-refractivity contribution is -0.144. The third-order valence-electron chi connectivity index (χ3n) is 3.80. The summed E-state index contributed by atoms with van der Waals surface area (Å²) in [5.41, 5.74) is -0.149. The molecule has 16 heavy (non-hydrogen) atoms. The molecule has 1 saturated carbocycles. The summed E-state index contributed by atoms with van der Waals surface area (Å²) < 4.78 is 0. The average molecular weight is 219 g/mol. The summed E-state index contributed by atoms with van der Waals surface area (Å²) in [5.74, 6) is -0.781. The molecule has 1 aliphatic rings. The van der Waals surface area contributed by atoms with E-state index in [4.69, 9.17) is 0 Å². The van der Waals surface area contributed by atoms with Crippen molar-refractivity contribution in [3.05, 3.63) is 30.3 Å². The maximum absolute atomic E-state index is 11.4. The predicted molar refractivity (Wildman–Crippen MR) is 63.4 cm³/mol. The van der Waals surface area contributed by atoms with Gasteiger partial charge < -0.3 is 10.4 Å². The summed E-state index contributed by atoms with van der Waals surface area (Å²) in [7, 11) is 0. The summed E-state index contributed by atoms with van der Waals surface area (Å²) in [4.78, 5) is 11.4. The largest absolute Gasteiger partial charge is 0.479 e. The van der Waals surface area contributed by atoms with E-state index in [2.05, 4.69) is 5.32 Å². The Morgan fingerprint density at radius 2 is 1.94 bits per heavy atom. The zero-order valence-electron chi connectivity index (χ0n) is 9.66. The van der Waals surface area contributed by atoms with E-state index in [1.807, 2.05) is 37.3 Å². The predicted octanol–water partition coefficient (Wildman–Crippen LogP) is 2.74. The second-order valence-electron chi connectivity index (χ2n) is 4.98. The quantitative estimate of drug-likeness (QED) is 0.818. The van der Waals surface area contributed by atoms with Crippen molar-refractivity contribution >= 4 is 11.7 Å². The second-order valence-corrected chi connectivity index (χ2v) is 4.98. The van der Waals surface area contributed by atoms with Crippen molar-refractivity contribution < 1.29 is 9.90 Å². The van der Waals surface area contributed by atoms with Crippen LogP contribution in [0.3, 0.4) is 0 Å². The van der Waals surface area contributed by atoms with Gasteiger partial charge in [0.1, 0.15) is 5.54 Å². The van der Waals surface area contributed by atoms with Gasteiger partial charge in [0.15, 0.2) is 0 Å². The highest BCUT2D eigenvalue weighted by molar-refractivity contribution is 5.84. The number of carbonyl (C=O) groups is 1. The molecule has 0 radical (unpaired) electrons. The minimum absolute atomic E-state index is 0.130. The van der Waals surface area contributed by atoms with Crippen molar-refractivity contribution in [1.82, 2.24) is 0 Å². The molecule has 0 bridgehead atoms. The number of hydrogen-bond donors (Lipinski definition) is 2. The lowest BCUT2D eigenvalue weighted by Crippen LogP contribution is -2.50. The number of aliphatic carboxylic acids is 1. The van der Waals surface area contributed by atoms with E-state index < -0.39 is 11.5 Å². The Morgan fingerprint density at radius 1 is 1.38 bits per heavy atom. The lowest BCUT2D eigenvalue weighted by Gasteiger charge is -2.33. The smallest absolute Gasteiger partial charge is 0.329 e. The van der Waals surface area contributed by atoms with Crippen LogP contribution in [0.4, 0.5) is 5.69 Å². The first-order valence-electron chi connectivity index (χ1n) is 5.55. The molecule has 3 heteroatoms. The average Bonchev–Trinajstić information content (AvgIpc) is 2.99. The highest BCUT2D eigenvalue weighted by Gasteiger charge is 2.57. The normalized spacial score (nSPS) is 20.9. The zero-order valence-corrected chi connectivity index (χ0v) is 9.66. The van der Waals surface area contributed by atoms with E-state index in [9.17, 15) is 9.90 Å². The molecule has 3 nitrogen and oxygen atoms in total.